The number of aliphatic hydroxyl groups is 2. The highest BCUT2D eigenvalue weighted by Crippen LogP contribution is 2.66. The van der Waals surface area contributed by atoms with Crippen LogP contribution >= 0.6 is 31.3 Å². The molecule has 1 aromatic heterocycles. The van der Waals surface area contributed by atoms with Crippen LogP contribution in [-0.4, -0.2) is 78.9 Å². The van der Waals surface area contributed by atoms with Crippen molar-refractivity contribution in [2.45, 2.75) is 24.5 Å². The average molecular weight is 582 g/mol. The lowest BCUT2D eigenvalue weighted by Crippen LogP contribution is -2.37. The second kappa shape index (κ2) is 11.4. The Labute approximate surface area is 186 Å². The Kier molecular flexibility index (Phi) is 10.5. The summed E-state index contributed by atoms with van der Waals surface area (Å²) in [6, 6.07) is 0.920. The minimum Gasteiger partial charge on any atom is -0.387 e. The van der Waals surface area contributed by atoms with Gasteiger partial charge < -0.3 is 49.2 Å². The third-order valence-corrected chi connectivity index (χ3v) is 7.08. The number of phosphoric ester groups is 1. The Morgan fingerprint density at radius 3 is 1.91 bits per heavy atom. The highest BCUT2D eigenvalue weighted by Gasteiger charge is 2.46. The summed E-state index contributed by atoms with van der Waals surface area (Å²) < 4.78 is 59.5. The lowest BCUT2D eigenvalue weighted by Gasteiger charge is -2.19. The standard InChI is InChI=1S/C9H15N2O15P3.H3O4P/c12-5-1-2-11(9(15)10-5)8-7(14)6(13)4(24-8)3-23-28(19,20)26-29(21,22)25-27(16,17)18;1-5(2,3)4/h1-2,4,6-8,13-14H,3H2,(H,19,20)(H,21,22)(H,10,12,15)(H2,16,17,18);(H3,1,2,3,4)/t4-,6-,7-,8-;/m1./s1. The van der Waals surface area contributed by atoms with Gasteiger partial charge in [-0.15, -0.1) is 0 Å². The van der Waals surface area contributed by atoms with Crippen LogP contribution in [0.25, 0.3) is 0 Å². The molecular formula is C9H18N2O19P4. The number of aromatic amines is 1. The van der Waals surface area contributed by atoms with E-state index in [-0.39, 0.29) is 0 Å². The summed E-state index contributed by atoms with van der Waals surface area (Å²) in [4.78, 5) is 81.5. The monoisotopic (exact) mass is 582 g/mol. The first-order chi connectivity index (χ1) is 15.1. The number of hydrogen-bond donors (Lipinski definition) is 10. The maximum absolute atomic E-state index is 11.7. The maximum Gasteiger partial charge on any atom is 0.490 e. The van der Waals surface area contributed by atoms with E-state index in [0.717, 1.165) is 12.3 Å². The van der Waals surface area contributed by atoms with E-state index in [9.17, 15) is 38.4 Å². The van der Waals surface area contributed by atoms with Crippen LogP contribution in [0.5, 0.6) is 0 Å². The molecule has 0 radical (unpaired) electrons. The Morgan fingerprint density at radius 1 is 0.912 bits per heavy atom. The molecule has 1 saturated heterocycles. The number of phosphoric acid groups is 4. The van der Waals surface area contributed by atoms with Gasteiger partial charge in [-0.3, -0.25) is 18.9 Å². The molecule has 1 aliphatic heterocycles. The SMILES string of the molecule is O=P(O)(O)O.O=c1ccn([C@@H]2O[C@H](COP(=O)(O)OP(=O)(O)OP(=O)(O)O)[C@@H](O)[C@H]2O)c(=O)[nH]1. The van der Waals surface area contributed by atoms with Crippen molar-refractivity contribution in [3.63, 3.8) is 0 Å². The van der Waals surface area contributed by atoms with E-state index in [2.05, 4.69) is 13.1 Å². The Bertz CT molecular complexity index is 1140. The van der Waals surface area contributed by atoms with Gasteiger partial charge >= 0.3 is 37.0 Å². The first-order valence-electron chi connectivity index (χ1n) is 8.00. The van der Waals surface area contributed by atoms with E-state index in [1.54, 1.807) is 0 Å². The Balaban J connectivity index is 0.00000104. The van der Waals surface area contributed by atoms with Crippen molar-refractivity contribution in [1.82, 2.24) is 9.55 Å². The lowest BCUT2D eigenvalue weighted by atomic mass is 10.1. The Hall–Kier alpha value is -0.920. The molecule has 1 aliphatic rings. The van der Waals surface area contributed by atoms with E-state index in [0.29, 0.717) is 4.57 Å². The number of H-pyrrole nitrogens is 1. The number of ether oxygens (including phenoxy) is 1. The topological polar surface area (TPSA) is 342 Å². The van der Waals surface area contributed by atoms with Gasteiger partial charge in [-0.1, -0.05) is 0 Å². The fourth-order valence-corrected chi connectivity index (χ4v) is 5.23. The minimum atomic E-state index is -5.73. The van der Waals surface area contributed by atoms with Crippen molar-refractivity contribution in [3.05, 3.63) is 33.1 Å². The van der Waals surface area contributed by atoms with Gasteiger partial charge in [0.25, 0.3) is 5.56 Å². The summed E-state index contributed by atoms with van der Waals surface area (Å²) in [5, 5.41) is 19.9. The van der Waals surface area contributed by atoms with E-state index >= 15 is 0 Å². The molecule has 198 valence electrons. The van der Waals surface area contributed by atoms with Crippen molar-refractivity contribution >= 4 is 31.3 Å². The molecule has 1 fully saturated rings. The molecule has 10 N–H and O–H groups in total. The zero-order valence-corrected chi connectivity index (χ0v) is 19.6. The van der Waals surface area contributed by atoms with E-state index in [4.69, 9.17) is 38.7 Å². The molecule has 21 nitrogen and oxygen atoms in total. The summed E-state index contributed by atoms with van der Waals surface area (Å²) in [7, 11) is -21.4. The average Bonchev–Trinajstić information content (AvgIpc) is 2.84. The predicted octanol–water partition coefficient (Wildman–Crippen LogP) is -3.43. The zero-order valence-electron chi connectivity index (χ0n) is 16.0. The molecule has 0 bridgehead atoms. The summed E-state index contributed by atoms with van der Waals surface area (Å²) in [6.45, 7) is -1.05. The molecule has 0 amide bonds. The number of aromatic nitrogens is 2. The molecule has 6 atom stereocenters. The first kappa shape index (κ1) is 31.1. The number of rotatable bonds is 8. The van der Waals surface area contributed by atoms with Gasteiger partial charge in [0.05, 0.1) is 6.61 Å². The molecule has 34 heavy (non-hydrogen) atoms. The van der Waals surface area contributed by atoms with Crippen LogP contribution in [0.1, 0.15) is 6.23 Å². The highest BCUT2D eigenvalue weighted by molar-refractivity contribution is 7.66. The molecule has 2 unspecified atom stereocenters. The predicted molar refractivity (Wildman–Crippen MR) is 101 cm³/mol. The van der Waals surface area contributed by atoms with Gasteiger partial charge in [0.2, 0.25) is 0 Å². The molecule has 1 aromatic rings. The van der Waals surface area contributed by atoms with E-state index in [1.807, 2.05) is 4.98 Å². The summed E-state index contributed by atoms with van der Waals surface area (Å²) in [5.74, 6) is 0. The second-order valence-electron chi connectivity index (χ2n) is 5.96. The number of nitrogens with one attached hydrogen (secondary N) is 1. The van der Waals surface area contributed by atoms with Crippen molar-refractivity contribution in [1.29, 1.82) is 0 Å². The Morgan fingerprint density at radius 2 is 1.44 bits per heavy atom. The van der Waals surface area contributed by atoms with E-state index < -0.39 is 73.7 Å². The quantitative estimate of drug-likeness (QED) is 0.133. The van der Waals surface area contributed by atoms with Gasteiger partial charge in [0.1, 0.15) is 18.3 Å². The third kappa shape index (κ3) is 11.2. The highest BCUT2D eigenvalue weighted by atomic mass is 31.3. The van der Waals surface area contributed by atoms with Crippen molar-refractivity contribution in [2.75, 3.05) is 6.61 Å². The van der Waals surface area contributed by atoms with E-state index in [1.165, 1.54) is 0 Å². The minimum absolute atomic E-state index is 0.708. The van der Waals surface area contributed by atoms with Crippen LogP contribution in [0.2, 0.25) is 0 Å². The zero-order chi connectivity index (χ0) is 26.7. The van der Waals surface area contributed by atoms with Crippen LogP contribution in [0.4, 0.5) is 0 Å². The van der Waals surface area contributed by atoms with Gasteiger partial charge in [-0.05, 0) is 0 Å². The molecule has 0 saturated carbocycles. The van der Waals surface area contributed by atoms with Gasteiger partial charge in [-0.2, -0.15) is 8.62 Å². The van der Waals surface area contributed by atoms with Gasteiger partial charge in [0.15, 0.2) is 6.23 Å². The van der Waals surface area contributed by atoms with Crippen molar-refractivity contribution in [3.8, 4) is 0 Å². The number of nitrogens with zero attached hydrogens (tertiary/aromatic N) is 1. The summed E-state index contributed by atoms with van der Waals surface area (Å²) in [5.41, 5.74) is -1.74. The summed E-state index contributed by atoms with van der Waals surface area (Å²) in [6.07, 6.45) is -5.70. The molecule has 0 spiro atoms. The lowest BCUT2D eigenvalue weighted by molar-refractivity contribution is -0.0542. The fraction of sp³-hybridized carbons (Fsp3) is 0.556. The largest absolute Gasteiger partial charge is 0.490 e. The van der Waals surface area contributed by atoms with Crippen LogP contribution in [0, 0.1) is 0 Å². The van der Waals surface area contributed by atoms with Crippen LogP contribution < -0.4 is 11.2 Å². The van der Waals surface area contributed by atoms with Crippen molar-refractivity contribution < 1.29 is 80.6 Å². The number of aliphatic hydroxyl groups excluding tert-OH is 2. The molecule has 0 aliphatic carbocycles. The smallest absolute Gasteiger partial charge is 0.387 e. The molecule has 0 aromatic carbocycles. The summed E-state index contributed by atoms with van der Waals surface area (Å²) >= 11 is 0. The molecule has 25 heteroatoms. The molecular weight excluding hydrogens is 564 g/mol. The van der Waals surface area contributed by atoms with Crippen molar-refractivity contribution in [2.24, 2.45) is 0 Å². The molecule has 2 rings (SSSR count). The third-order valence-electron chi connectivity index (χ3n) is 3.28. The molecule has 2 heterocycles. The maximum atomic E-state index is 11.7. The van der Waals surface area contributed by atoms with Crippen LogP contribution in [-0.2, 0) is 36.1 Å². The van der Waals surface area contributed by atoms with Crippen LogP contribution in [0.15, 0.2) is 21.9 Å². The second-order valence-corrected chi connectivity index (χ2v) is 11.4. The van der Waals surface area contributed by atoms with Gasteiger partial charge in [-0.25, -0.2) is 23.1 Å². The first-order valence-corrected chi connectivity index (χ1v) is 14.1. The normalized spacial score (nSPS) is 26.7. The van der Waals surface area contributed by atoms with Gasteiger partial charge in [0, 0.05) is 12.3 Å². The van der Waals surface area contributed by atoms with Crippen LogP contribution in [0.3, 0.4) is 0 Å². The fourth-order valence-electron chi connectivity index (χ4n) is 2.20. The number of hydrogen-bond acceptors (Lipinski definition) is 12.